The Morgan fingerprint density at radius 2 is 1.50 bits per heavy atom. The number of aliphatic hydroxyl groups is 1. The molecule has 3 aromatic carbocycles. The summed E-state index contributed by atoms with van der Waals surface area (Å²) in [6.45, 7) is 0.229. The standard InChI is InChI=1S/C21H18O/c22-14-4-7-17-5-3-6-18(15-17)10-11-19-12-13-20-8-1-2-9-21(20)16-19/h1-3,5-6,8-9,12-13,15-16,22H,4,7,14H2. The monoisotopic (exact) mass is 286 g/mol. The highest BCUT2D eigenvalue weighted by Crippen LogP contribution is 2.15. The van der Waals surface area contributed by atoms with E-state index >= 15 is 0 Å². The second-order valence-corrected chi connectivity index (χ2v) is 5.34. The summed E-state index contributed by atoms with van der Waals surface area (Å²) in [5.74, 6) is 6.47. The van der Waals surface area contributed by atoms with Gasteiger partial charge in [0.05, 0.1) is 0 Å². The van der Waals surface area contributed by atoms with E-state index in [1.165, 1.54) is 16.3 Å². The Labute approximate surface area is 131 Å². The van der Waals surface area contributed by atoms with Crippen molar-refractivity contribution in [3.05, 3.63) is 83.4 Å². The van der Waals surface area contributed by atoms with Crippen molar-refractivity contribution in [3.8, 4) is 11.8 Å². The Morgan fingerprint density at radius 3 is 2.32 bits per heavy atom. The minimum Gasteiger partial charge on any atom is -0.396 e. The summed E-state index contributed by atoms with van der Waals surface area (Å²) in [5.41, 5.74) is 3.27. The van der Waals surface area contributed by atoms with E-state index in [1.54, 1.807) is 0 Å². The lowest BCUT2D eigenvalue weighted by Gasteiger charge is -2.00. The van der Waals surface area contributed by atoms with Crippen molar-refractivity contribution in [2.45, 2.75) is 12.8 Å². The summed E-state index contributed by atoms with van der Waals surface area (Å²) in [4.78, 5) is 0. The predicted octanol–water partition coefficient (Wildman–Crippen LogP) is 4.16. The fraction of sp³-hybridized carbons (Fsp3) is 0.143. The van der Waals surface area contributed by atoms with Crippen LogP contribution in [0.15, 0.2) is 66.7 Å². The van der Waals surface area contributed by atoms with Gasteiger partial charge in [-0.3, -0.25) is 0 Å². The maximum absolute atomic E-state index is 8.91. The molecule has 1 nitrogen and oxygen atoms in total. The minimum atomic E-state index is 0.229. The highest BCUT2D eigenvalue weighted by atomic mass is 16.2. The van der Waals surface area contributed by atoms with Crippen LogP contribution in [0.3, 0.4) is 0 Å². The van der Waals surface area contributed by atoms with Crippen molar-refractivity contribution in [1.29, 1.82) is 0 Å². The summed E-state index contributed by atoms with van der Waals surface area (Å²) >= 11 is 0. The number of aryl methyl sites for hydroxylation is 1. The summed E-state index contributed by atoms with van der Waals surface area (Å²) in [6, 6.07) is 22.8. The van der Waals surface area contributed by atoms with E-state index in [1.807, 2.05) is 24.3 Å². The van der Waals surface area contributed by atoms with Gasteiger partial charge in [0, 0.05) is 17.7 Å². The van der Waals surface area contributed by atoms with E-state index < -0.39 is 0 Å². The fourth-order valence-electron chi connectivity index (χ4n) is 2.50. The first-order valence-corrected chi connectivity index (χ1v) is 7.56. The Hall–Kier alpha value is -2.56. The number of benzene rings is 3. The second kappa shape index (κ2) is 6.93. The van der Waals surface area contributed by atoms with Crippen LogP contribution in [0.1, 0.15) is 23.1 Å². The molecule has 3 rings (SSSR count). The largest absolute Gasteiger partial charge is 0.396 e. The van der Waals surface area contributed by atoms with E-state index in [2.05, 4.69) is 54.3 Å². The Bertz CT molecular complexity index is 837. The predicted molar refractivity (Wildman–Crippen MR) is 91.8 cm³/mol. The smallest absolute Gasteiger partial charge is 0.0434 e. The minimum absolute atomic E-state index is 0.229. The van der Waals surface area contributed by atoms with Gasteiger partial charge in [0.2, 0.25) is 0 Å². The van der Waals surface area contributed by atoms with Crippen LogP contribution < -0.4 is 0 Å². The van der Waals surface area contributed by atoms with E-state index in [-0.39, 0.29) is 6.61 Å². The lowest BCUT2D eigenvalue weighted by molar-refractivity contribution is 0.288. The molecular formula is C21H18O. The Morgan fingerprint density at radius 1 is 0.727 bits per heavy atom. The average molecular weight is 286 g/mol. The van der Waals surface area contributed by atoms with Crippen LogP contribution in [-0.4, -0.2) is 11.7 Å². The van der Waals surface area contributed by atoms with Gasteiger partial charge in [-0.1, -0.05) is 54.3 Å². The zero-order chi connectivity index (χ0) is 15.2. The molecule has 0 atom stereocenters. The molecule has 0 amide bonds. The van der Waals surface area contributed by atoms with Crippen LogP contribution in [0.4, 0.5) is 0 Å². The SMILES string of the molecule is OCCCc1cccc(C#Cc2ccc3ccccc3c2)c1. The normalized spacial score (nSPS) is 10.2. The lowest BCUT2D eigenvalue weighted by atomic mass is 10.1. The van der Waals surface area contributed by atoms with Gasteiger partial charge >= 0.3 is 0 Å². The van der Waals surface area contributed by atoms with Crippen LogP contribution >= 0.6 is 0 Å². The molecule has 3 aromatic rings. The van der Waals surface area contributed by atoms with Crippen LogP contribution in [0.25, 0.3) is 10.8 Å². The molecule has 0 radical (unpaired) electrons. The van der Waals surface area contributed by atoms with Crippen molar-refractivity contribution >= 4 is 10.8 Å². The van der Waals surface area contributed by atoms with Crippen LogP contribution in [0.5, 0.6) is 0 Å². The first-order valence-electron chi connectivity index (χ1n) is 7.56. The topological polar surface area (TPSA) is 20.2 Å². The van der Waals surface area contributed by atoms with Crippen LogP contribution in [0.2, 0.25) is 0 Å². The highest BCUT2D eigenvalue weighted by Gasteiger charge is 1.95. The third-order valence-electron chi connectivity index (χ3n) is 3.65. The van der Waals surface area contributed by atoms with Gasteiger partial charge < -0.3 is 5.11 Å². The average Bonchev–Trinajstić information content (AvgIpc) is 2.58. The molecule has 22 heavy (non-hydrogen) atoms. The molecule has 0 bridgehead atoms. The number of fused-ring (bicyclic) bond motifs is 1. The molecule has 0 fully saturated rings. The lowest BCUT2D eigenvalue weighted by Crippen LogP contribution is -1.89. The first-order chi connectivity index (χ1) is 10.8. The Kier molecular flexibility index (Phi) is 4.53. The third-order valence-corrected chi connectivity index (χ3v) is 3.65. The van der Waals surface area contributed by atoms with E-state index in [0.717, 1.165) is 24.0 Å². The Balaban J connectivity index is 1.84. The molecule has 0 aliphatic carbocycles. The van der Waals surface area contributed by atoms with Crippen LogP contribution in [-0.2, 0) is 6.42 Å². The van der Waals surface area contributed by atoms with Crippen molar-refractivity contribution in [2.24, 2.45) is 0 Å². The maximum Gasteiger partial charge on any atom is 0.0434 e. The second-order valence-electron chi connectivity index (χ2n) is 5.34. The molecule has 0 heterocycles. The summed E-state index contributed by atoms with van der Waals surface area (Å²) in [5, 5.41) is 11.4. The summed E-state index contributed by atoms with van der Waals surface area (Å²) in [6.07, 6.45) is 1.68. The van der Waals surface area contributed by atoms with E-state index in [4.69, 9.17) is 5.11 Å². The molecule has 0 aromatic heterocycles. The molecule has 0 saturated heterocycles. The molecule has 0 unspecified atom stereocenters. The summed E-state index contributed by atoms with van der Waals surface area (Å²) in [7, 11) is 0. The molecular weight excluding hydrogens is 268 g/mol. The quantitative estimate of drug-likeness (QED) is 0.717. The molecule has 108 valence electrons. The fourth-order valence-corrected chi connectivity index (χ4v) is 2.50. The van der Waals surface area contributed by atoms with Crippen molar-refractivity contribution in [2.75, 3.05) is 6.61 Å². The van der Waals surface area contributed by atoms with Gasteiger partial charge in [-0.05, 0) is 53.4 Å². The van der Waals surface area contributed by atoms with Gasteiger partial charge in [0.15, 0.2) is 0 Å². The number of rotatable bonds is 3. The van der Waals surface area contributed by atoms with Crippen molar-refractivity contribution in [3.63, 3.8) is 0 Å². The molecule has 0 spiro atoms. The third kappa shape index (κ3) is 3.55. The molecule has 0 aliphatic rings. The maximum atomic E-state index is 8.91. The van der Waals surface area contributed by atoms with Gasteiger partial charge in [-0.2, -0.15) is 0 Å². The van der Waals surface area contributed by atoms with Crippen molar-refractivity contribution < 1.29 is 5.11 Å². The van der Waals surface area contributed by atoms with Crippen LogP contribution in [0, 0.1) is 11.8 Å². The highest BCUT2D eigenvalue weighted by molar-refractivity contribution is 5.83. The van der Waals surface area contributed by atoms with Gasteiger partial charge in [0.25, 0.3) is 0 Å². The number of hydrogen-bond donors (Lipinski definition) is 1. The molecule has 1 N–H and O–H groups in total. The zero-order valence-corrected chi connectivity index (χ0v) is 12.4. The van der Waals surface area contributed by atoms with Crippen molar-refractivity contribution in [1.82, 2.24) is 0 Å². The van der Waals surface area contributed by atoms with E-state index in [9.17, 15) is 0 Å². The molecule has 0 saturated carbocycles. The summed E-state index contributed by atoms with van der Waals surface area (Å²) < 4.78 is 0. The first kappa shape index (κ1) is 14.4. The molecule has 0 aliphatic heterocycles. The van der Waals surface area contributed by atoms with E-state index in [0.29, 0.717) is 0 Å². The van der Waals surface area contributed by atoms with Gasteiger partial charge in [-0.25, -0.2) is 0 Å². The van der Waals surface area contributed by atoms with Gasteiger partial charge in [0.1, 0.15) is 0 Å². The number of aliphatic hydroxyl groups excluding tert-OH is 1. The van der Waals surface area contributed by atoms with Gasteiger partial charge in [-0.15, -0.1) is 0 Å². The molecule has 1 heteroatoms. The zero-order valence-electron chi connectivity index (χ0n) is 12.4. The number of hydrogen-bond acceptors (Lipinski definition) is 1.